The summed E-state index contributed by atoms with van der Waals surface area (Å²) in [6.07, 6.45) is 3.07. The van der Waals surface area contributed by atoms with E-state index in [-0.39, 0.29) is 24.0 Å². The van der Waals surface area contributed by atoms with Crippen molar-refractivity contribution < 1.29 is 9.53 Å². The molecule has 3 N–H and O–H groups in total. The van der Waals surface area contributed by atoms with Crippen molar-refractivity contribution in [3.05, 3.63) is 29.8 Å². The number of benzene rings is 1. The van der Waals surface area contributed by atoms with Gasteiger partial charge < -0.3 is 20.3 Å². The number of carbonyl (C=O) groups excluding carboxylic acids is 1. The summed E-state index contributed by atoms with van der Waals surface area (Å²) in [6, 6.07) is 8.36. The normalized spacial score (nSPS) is 15.1. The minimum Gasteiger partial charge on any atom is -0.444 e. The van der Waals surface area contributed by atoms with E-state index in [1.54, 1.807) is 0 Å². The summed E-state index contributed by atoms with van der Waals surface area (Å²) < 4.78 is 5.28. The monoisotopic (exact) mass is 545 g/mol. The number of halogens is 1. The molecule has 0 radical (unpaired) electrons. The van der Waals surface area contributed by atoms with Gasteiger partial charge >= 0.3 is 6.09 Å². The number of aliphatic imine (C=N–C) groups is 1. The highest BCUT2D eigenvalue weighted by molar-refractivity contribution is 14.0. The Morgan fingerprint density at radius 2 is 1.84 bits per heavy atom. The van der Waals surface area contributed by atoms with Crippen LogP contribution in [-0.2, 0) is 11.2 Å². The number of anilines is 1. The van der Waals surface area contributed by atoms with Gasteiger partial charge in [-0.05, 0) is 84.7 Å². The van der Waals surface area contributed by atoms with Crippen molar-refractivity contribution in [2.24, 2.45) is 10.9 Å². The number of carbonyl (C=O) groups is 1. The molecule has 8 heteroatoms. The second-order valence-corrected chi connectivity index (χ2v) is 9.09. The zero-order valence-corrected chi connectivity index (χ0v) is 22.2. The largest absolute Gasteiger partial charge is 0.444 e. The van der Waals surface area contributed by atoms with Gasteiger partial charge in [-0.1, -0.05) is 12.1 Å². The molecule has 1 saturated carbocycles. The lowest BCUT2D eigenvalue weighted by Gasteiger charge is -2.23. The third-order valence-corrected chi connectivity index (χ3v) is 4.92. The van der Waals surface area contributed by atoms with Gasteiger partial charge in [-0.15, -0.1) is 24.0 Å². The van der Waals surface area contributed by atoms with Crippen LogP contribution in [0.1, 0.15) is 46.1 Å². The number of amides is 1. The zero-order chi connectivity index (χ0) is 22.1. The van der Waals surface area contributed by atoms with Crippen LogP contribution in [-0.4, -0.2) is 62.3 Å². The molecule has 0 bridgehead atoms. The Labute approximate surface area is 204 Å². The Morgan fingerprint density at radius 3 is 2.35 bits per heavy atom. The first-order valence-electron chi connectivity index (χ1n) is 11.0. The topological polar surface area (TPSA) is 78.0 Å². The van der Waals surface area contributed by atoms with E-state index in [0.717, 1.165) is 43.6 Å². The molecular weight excluding hydrogens is 505 g/mol. The van der Waals surface area contributed by atoms with Crippen LogP contribution in [0.5, 0.6) is 0 Å². The van der Waals surface area contributed by atoms with E-state index in [4.69, 9.17) is 9.73 Å². The predicted octanol–water partition coefficient (Wildman–Crippen LogP) is 4.09. The highest BCUT2D eigenvalue weighted by Crippen LogP contribution is 2.34. The third-order valence-electron chi connectivity index (χ3n) is 4.92. The molecule has 0 saturated heterocycles. The van der Waals surface area contributed by atoms with Gasteiger partial charge in [-0.25, -0.2) is 4.79 Å². The summed E-state index contributed by atoms with van der Waals surface area (Å²) in [5.74, 6) is 1.66. The first kappa shape index (κ1) is 27.5. The Morgan fingerprint density at radius 1 is 1.19 bits per heavy atom. The number of guanidine groups is 1. The second kappa shape index (κ2) is 13.1. The average molecular weight is 546 g/mol. The van der Waals surface area contributed by atoms with E-state index in [0.29, 0.717) is 6.04 Å². The number of hydrogen-bond acceptors (Lipinski definition) is 4. The standard InChI is InChI=1S/C23H39N5O2.HI/c1-7-24-21(26-16-20(28(5)6)18-10-11-18)25-15-14-17-8-12-19(13-9-17)27-22(29)30-23(2,3)4;/h8-9,12-13,18,20H,7,10-11,14-16H2,1-6H3,(H,27,29)(H2,24,25,26);1H. The van der Waals surface area contributed by atoms with Crippen LogP contribution >= 0.6 is 24.0 Å². The smallest absolute Gasteiger partial charge is 0.412 e. The lowest BCUT2D eigenvalue weighted by molar-refractivity contribution is 0.0636. The van der Waals surface area contributed by atoms with Crippen molar-refractivity contribution >= 4 is 41.7 Å². The maximum atomic E-state index is 11.9. The quantitative estimate of drug-likeness (QED) is 0.248. The van der Waals surface area contributed by atoms with E-state index < -0.39 is 11.7 Å². The molecular formula is C23H40IN5O2. The summed E-state index contributed by atoms with van der Waals surface area (Å²) in [4.78, 5) is 18.9. The minimum atomic E-state index is -0.507. The molecule has 31 heavy (non-hydrogen) atoms. The Hall–Kier alpha value is -1.55. The molecule has 0 aliphatic heterocycles. The third kappa shape index (κ3) is 11.0. The first-order chi connectivity index (χ1) is 14.2. The maximum Gasteiger partial charge on any atom is 0.412 e. The van der Waals surface area contributed by atoms with Crippen LogP contribution in [0.3, 0.4) is 0 Å². The molecule has 1 aliphatic rings. The van der Waals surface area contributed by atoms with E-state index in [1.165, 1.54) is 18.4 Å². The number of hydrogen-bond donors (Lipinski definition) is 3. The maximum absolute atomic E-state index is 11.9. The molecule has 1 unspecified atom stereocenters. The van der Waals surface area contributed by atoms with Crippen molar-refractivity contribution in [3.8, 4) is 0 Å². The van der Waals surface area contributed by atoms with Gasteiger partial charge in [0.05, 0.1) is 6.54 Å². The molecule has 2 rings (SSSR count). The second-order valence-electron chi connectivity index (χ2n) is 9.09. The van der Waals surface area contributed by atoms with E-state index >= 15 is 0 Å². The Bertz CT molecular complexity index is 695. The van der Waals surface area contributed by atoms with Crippen molar-refractivity contribution in [2.75, 3.05) is 39.0 Å². The predicted molar refractivity (Wildman–Crippen MR) is 140 cm³/mol. The number of nitrogens with zero attached hydrogens (tertiary/aromatic N) is 2. The molecule has 1 aromatic carbocycles. The van der Waals surface area contributed by atoms with Gasteiger partial charge in [0.2, 0.25) is 0 Å². The van der Waals surface area contributed by atoms with E-state index in [9.17, 15) is 4.79 Å². The molecule has 1 aliphatic carbocycles. The van der Waals surface area contributed by atoms with Crippen LogP contribution < -0.4 is 16.0 Å². The fourth-order valence-electron chi connectivity index (χ4n) is 3.24. The van der Waals surface area contributed by atoms with Crippen molar-refractivity contribution in [1.82, 2.24) is 15.5 Å². The van der Waals surface area contributed by atoms with E-state index in [2.05, 4.69) is 41.9 Å². The molecule has 0 spiro atoms. The molecule has 7 nitrogen and oxygen atoms in total. The summed E-state index contributed by atoms with van der Waals surface area (Å²) >= 11 is 0. The minimum absolute atomic E-state index is 0. The summed E-state index contributed by atoms with van der Waals surface area (Å²) in [5.41, 5.74) is 1.41. The van der Waals surface area contributed by atoms with E-state index in [1.807, 2.05) is 45.0 Å². The SMILES string of the molecule is CCNC(=NCC(C1CC1)N(C)C)NCCc1ccc(NC(=O)OC(C)(C)C)cc1.I. The van der Waals surface area contributed by atoms with Gasteiger partial charge in [-0.3, -0.25) is 10.3 Å². The molecule has 176 valence electrons. The van der Waals surface area contributed by atoms with Gasteiger partial charge in [0.15, 0.2) is 5.96 Å². The van der Waals surface area contributed by atoms with Gasteiger partial charge in [-0.2, -0.15) is 0 Å². The Balaban J connectivity index is 0.00000480. The van der Waals surface area contributed by atoms with Gasteiger partial charge in [0.1, 0.15) is 5.60 Å². The average Bonchev–Trinajstić information content (AvgIpc) is 3.46. The Kier molecular flexibility index (Phi) is 11.6. The van der Waals surface area contributed by atoms with Gasteiger partial charge in [0.25, 0.3) is 0 Å². The molecule has 0 heterocycles. The van der Waals surface area contributed by atoms with Crippen LogP contribution in [0, 0.1) is 5.92 Å². The van der Waals surface area contributed by atoms with Crippen LogP contribution in [0.25, 0.3) is 0 Å². The van der Waals surface area contributed by atoms with Crippen LogP contribution in [0.2, 0.25) is 0 Å². The van der Waals surface area contributed by atoms with Crippen LogP contribution in [0.15, 0.2) is 29.3 Å². The van der Waals surface area contributed by atoms with Gasteiger partial charge in [0, 0.05) is 24.8 Å². The number of ether oxygens (including phenoxy) is 1. The number of likely N-dealkylation sites (N-methyl/N-ethyl adjacent to an activating group) is 1. The van der Waals surface area contributed by atoms with Crippen molar-refractivity contribution in [3.63, 3.8) is 0 Å². The lowest BCUT2D eigenvalue weighted by atomic mass is 10.1. The highest BCUT2D eigenvalue weighted by atomic mass is 127. The fourth-order valence-corrected chi connectivity index (χ4v) is 3.24. The van der Waals surface area contributed by atoms with Crippen molar-refractivity contribution in [2.45, 2.75) is 58.6 Å². The first-order valence-corrected chi connectivity index (χ1v) is 11.0. The summed E-state index contributed by atoms with van der Waals surface area (Å²) in [6.45, 7) is 10.1. The molecule has 1 amide bonds. The molecule has 1 fully saturated rings. The van der Waals surface area contributed by atoms with Crippen LogP contribution in [0.4, 0.5) is 10.5 Å². The molecule has 1 atom stereocenters. The summed E-state index contributed by atoms with van der Waals surface area (Å²) in [7, 11) is 4.28. The van der Waals surface area contributed by atoms with Crippen molar-refractivity contribution in [1.29, 1.82) is 0 Å². The highest BCUT2D eigenvalue weighted by Gasteiger charge is 2.32. The zero-order valence-electron chi connectivity index (χ0n) is 19.8. The molecule has 0 aromatic heterocycles. The summed E-state index contributed by atoms with van der Waals surface area (Å²) in [5, 5.41) is 9.51. The lowest BCUT2D eigenvalue weighted by Crippen LogP contribution is -2.40. The number of nitrogens with one attached hydrogen (secondary N) is 3. The fraction of sp³-hybridized carbons (Fsp3) is 0.652. The number of rotatable bonds is 9. The molecule has 1 aromatic rings.